The molecule has 0 aliphatic carbocycles. The first-order chi connectivity index (χ1) is 11.9. The van der Waals surface area contributed by atoms with Crippen LogP contribution in [0.5, 0.6) is 5.75 Å². The molecule has 0 spiro atoms. The van der Waals surface area contributed by atoms with Crippen LogP contribution in [-0.2, 0) is 10.0 Å². The van der Waals surface area contributed by atoms with Crippen molar-refractivity contribution in [2.45, 2.75) is 31.2 Å². The molecular weight excluding hydrogens is 340 g/mol. The summed E-state index contributed by atoms with van der Waals surface area (Å²) in [5.41, 5.74) is 0.513. The highest BCUT2D eigenvalue weighted by atomic mass is 32.2. The van der Waals surface area contributed by atoms with Crippen molar-refractivity contribution in [3.63, 3.8) is 0 Å². The van der Waals surface area contributed by atoms with Crippen LogP contribution in [0.25, 0.3) is 0 Å². The average molecular weight is 362 g/mol. The average Bonchev–Trinajstić information content (AvgIpc) is 2.61. The van der Waals surface area contributed by atoms with Gasteiger partial charge in [-0.3, -0.25) is 9.52 Å². The van der Waals surface area contributed by atoms with Crippen LogP contribution in [0.2, 0.25) is 0 Å². The van der Waals surface area contributed by atoms with E-state index in [1.54, 1.807) is 36.4 Å². The standard InChI is InChI=1S/C18H22N2O4S/c1-4-13(2)19-18(21)16-7-5-6-8-17(16)20-25(22,23)15-11-9-14(24-3)10-12-15/h5-13,20H,4H2,1-3H3,(H,19,21). The van der Waals surface area contributed by atoms with Gasteiger partial charge in [-0.15, -0.1) is 0 Å². The number of para-hydroxylation sites is 1. The molecule has 2 N–H and O–H groups in total. The van der Waals surface area contributed by atoms with E-state index in [1.165, 1.54) is 19.2 Å². The van der Waals surface area contributed by atoms with Crippen molar-refractivity contribution in [3.05, 3.63) is 54.1 Å². The van der Waals surface area contributed by atoms with Gasteiger partial charge in [-0.05, 0) is 49.7 Å². The highest BCUT2D eigenvalue weighted by Gasteiger charge is 2.19. The van der Waals surface area contributed by atoms with Gasteiger partial charge in [-0.1, -0.05) is 19.1 Å². The maximum absolute atomic E-state index is 12.6. The summed E-state index contributed by atoms with van der Waals surface area (Å²) < 4.78 is 32.7. The molecule has 1 amide bonds. The zero-order valence-corrected chi connectivity index (χ0v) is 15.3. The fraction of sp³-hybridized carbons (Fsp3) is 0.278. The van der Waals surface area contributed by atoms with E-state index >= 15 is 0 Å². The van der Waals surface area contributed by atoms with Crippen LogP contribution in [0.1, 0.15) is 30.6 Å². The smallest absolute Gasteiger partial charge is 0.261 e. The molecule has 1 unspecified atom stereocenters. The molecule has 0 fully saturated rings. The van der Waals surface area contributed by atoms with Crippen LogP contribution in [0.15, 0.2) is 53.4 Å². The lowest BCUT2D eigenvalue weighted by molar-refractivity contribution is 0.0940. The maximum Gasteiger partial charge on any atom is 0.261 e. The Morgan fingerprint density at radius 3 is 2.36 bits per heavy atom. The Kier molecular flexibility index (Phi) is 6.03. The molecule has 25 heavy (non-hydrogen) atoms. The zero-order chi connectivity index (χ0) is 18.4. The first kappa shape index (κ1) is 18.8. The summed E-state index contributed by atoms with van der Waals surface area (Å²) in [7, 11) is -2.31. The zero-order valence-electron chi connectivity index (χ0n) is 14.4. The second-order valence-corrected chi connectivity index (χ2v) is 7.29. The molecule has 0 saturated carbocycles. The quantitative estimate of drug-likeness (QED) is 0.793. The minimum atomic E-state index is -3.81. The van der Waals surface area contributed by atoms with Gasteiger partial charge in [0.25, 0.3) is 15.9 Å². The normalized spacial score (nSPS) is 12.3. The van der Waals surface area contributed by atoms with Crippen LogP contribution in [-0.4, -0.2) is 27.5 Å². The number of hydrogen-bond acceptors (Lipinski definition) is 4. The first-order valence-electron chi connectivity index (χ1n) is 7.94. The van der Waals surface area contributed by atoms with Gasteiger partial charge in [-0.25, -0.2) is 8.42 Å². The van der Waals surface area contributed by atoms with Crippen molar-refractivity contribution in [2.24, 2.45) is 0 Å². The number of benzene rings is 2. The van der Waals surface area contributed by atoms with Crippen LogP contribution in [0.4, 0.5) is 5.69 Å². The Balaban J connectivity index is 2.28. The number of anilines is 1. The summed E-state index contributed by atoms with van der Waals surface area (Å²) >= 11 is 0. The number of carbonyl (C=O) groups excluding carboxylic acids is 1. The summed E-state index contributed by atoms with van der Waals surface area (Å²) in [4.78, 5) is 12.5. The Morgan fingerprint density at radius 1 is 1.12 bits per heavy atom. The molecular formula is C18H22N2O4S. The maximum atomic E-state index is 12.6. The van der Waals surface area contributed by atoms with E-state index in [0.29, 0.717) is 5.75 Å². The minimum absolute atomic E-state index is 0.00116. The van der Waals surface area contributed by atoms with Gasteiger partial charge in [0.15, 0.2) is 0 Å². The van der Waals surface area contributed by atoms with Crippen LogP contribution in [0.3, 0.4) is 0 Å². The highest BCUT2D eigenvalue weighted by molar-refractivity contribution is 7.92. The van der Waals surface area contributed by atoms with Gasteiger partial charge < -0.3 is 10.1 Å². The molecule has 2 aromatic rings. The topological polar surface area (TPSA) is 84.5 Å². The van der Waals surface area contributed by atoms with E-state index in [0.717, 1.165) is 6.42 Å². The number of ether oxygens (including phenoxy) is 1. The third-order valence-corrected chi connectivity index (χ3v) is 5.16. The molecule has 0 bridgehead atoms. The monoisotopic (exact) mass is 362 g/mol. The van der Waals surface area contributed by atoms with E-state index in [1.807, 2.05) is 13.8 Å². The molecule has 134 valence electrons. The largest absolute Gasteiger partial charge is 0.497 e. The van der Waals surface area contributed by atoms with E-state index < -0.39 is 10.0 Å². The van der Waals surface area contributed by atoms with Gasteiger partial charge in [0, 0.05) is 6.04 Å². The molecule has 0 heterocycles. The van der Waals surface area contributed by atoms with Crippen LogP contribution in [0, 0.1) is 0 Å². The third-order valence-electron chi connectivity index (χ3n) is 3.78. The van der Waals surface area contributed by atoms with Crippen LogP contribution < -0.4 is 14.8 Å². The lowest BCUT2D eigenvalue weighted by Gasteiger charge is -2.15. The van der Waals surface area contributed by atoms with E-state index in [-0.39, 0.29) is 28.1 Å². The molecule has 1 atom stereocenters. The molecule has 7 heteroatoms. The SMILES string of the molecule is CCC(C)NC(=O)c1ccccc1NS(=O)(=O)c1ccc(OC)cc1. The number of amides is 1. The molecule has 0 aliphatic rings. The minimum Gasteiger partial charge on any atom is -0.497 e. The van der Waals surface area contributed by atoms with Gasteiger partial charge in [0.2, 0.25) is 0 Å². The number of carbonyl (C=O) groups is 1. The van der Waals surface area contributed by atoms with Crippen molar-refractivity contribution >= 4 is 21.6 Å². The number of methoxy groups -OCH3 is 1. The molecule has 2 aromatic carbocycles. The van der Waals surface area contributed by atoms with E-state index in [4.69, 9.17) is 4.74 Å². The number of hydrogen-bond donors (Lipinski definition) is 2. The second kappa shape index (κ2) is 8.02. The van der Waals surface area contributed by atoms with Crippen molar-refractivity contribution in [3.8, 4) is 5.75 Å². The Bertz CT molecular complexity index is 832. The van der Waals surface area contributed by atoms with Crippen LogP contribution >= 0.6 is 0 Å². The van der Waals surface area contributed by atoms with E-state index in [9.17, 15) is 13.2 Å². The molecule has 0 saturated heterocycles. The van der Waals surface area contributed by atoms with Crippen molar-refractivity contribution < 1.29 is 17.9 Å². The molecule has 0 radical (unpaired) electrons. The summed E-state index contributed by atoms with van der Waals surface area (Å²) in [6, 6.07) is 12.5. The predicted octanol–water partition coefficient (Wildman–Crippen LogP) is 3.02. The number of sulfonamides is 1. The summed E-state index contributed by atoms with van der Waals surface area (Å²) in [5.74, 6) is 0.245. The second-order valence-electron chi connectivity index (χ2n) is 5.61. The molecule has 2 rings (SSSR count). The third kappa shape index (κ3) is 4.73. The molecule has 6 nitrogen and oxygen atoms in total. The highest BCUT2D eigenvalue weighted by Crippen LogP contribution is 2.22. The molecule has 0 aliphatic heterocycles. The fourth-order valence-corrected chi connectivity index (χ4v) is 3.21. The van der Waals surface area contributed by atoms with Gasteiger partial charge in [0.05, 0.1) is 23.3 Å². The Morgan fingerprint density at radius 2 is 1.76 bits per heavy atom. The van der Waals surface area contributed by atoms with Gasteiger partial charge in [0.1, 0.15) is 5.75 Å². The van der Waals surface area contributed by atoms with Crippen molar-refractivity contribution in [1.29, 1.82) is 0 Å². The lowest BCUT2D eigenvalue weighted by Crippen LogP contribution is -2.32. The predicted molar refractivity (Wildman–Crippen MR) is 97.5 cm³/mol. The Hall–Kier alpha value is -2.54. The number of nitrogens with one attached hydrogen (secondary N) is 2. The van der Waals surface area contributed by atoms with Crippen molar-refractivity contribution in [2.75, 3.05) is 11.8 Å². The van der Waals surface area contributed by atoms with Gasteiger partial charge in [-0.2, -0.15) is 0 Å². The summed E-state index contributed by atoms with van der Waals surface area (Å²) in [5, 5.41) is 2.84. The van der Waals surface area contributed by atoms with Crippen molar-refractivity contribution in [1.82, 2.24) is 5.32 Å². The van der Waals surface area contributed by atoms with Gasteiger partial charge >= 0.3 is 0 Å². The lowest BCUT2D eigenvalue weighted by atomic mass is 10.1. The summed E-state index contributed by atoms with van der Waals surface area (Å²) in [6.07, 6.45) is 0.783. The fourth-order valence-electron chi connectivity index (χ4n) is 2.13. The Labute approximate surface area is 148 Å². The van der Waals surface area contributed by atoms with E-state index in [2.05, 4.69) is 10.0 Å². The number of rotatable bonds is 7. The summed E-state index contributed by atoms with van der Waals surface area (Å²) in [6.45, 7) is 3.85. The molecule has 0 aromatic heterocycles. The first-order valence-corrected chi connectivity index (χ1v) is 9.42.